The Morgan fingerprint density at radius 2 is 1.93 bits per heavy atom. The Morgan fingerprint density at radius 1 is 1.43 bits per heavy atom. The summed E-state index contributed by atoms with van der Waals surface area (Å²) < 4.78 is 51.9. The maximum atomic E-state index is 12.2. The van der Waals surface area contributed by atoms with Crippen molar-refractivity contribution in [3.63, 3.8) is 0 Å². The number of rotatable bonds is 5. The van der Waals surface area contributed by atoms with Gasteiger partial charge in [-0.25, -0.2) is 8.78 Å². The summed E-state index contributed by atoms with van der Waals surface area (Å²) in [4.78, 5) is 0. The van der Waals surface area contributed by atoms with Gasteiger partial charge in [0.15, 0.2) is 0 Å². The SMILES string of the molecule is CC(N)(C#N)COCC(F)(F)C(F)F. The number of alkyl halides is 4. The van der Waals surface area contributed by atoms with E-state index >= 15 is 0 Å². The largest absolute Gasteiger partial charge is 0.372 e. The highest BCUT2D eigenvalue weighted by Gasteiger charge is 2.41. The maximum absolute atomic E-state index is 12.2. The molecule has 0 aliphatic rings. The van der Waals surface area contributed by atoms with Crippen LogP contribution in [0, 0.1) is 11.3 Å². The fraction of sp³-hybridized carbons (Fsp3) is 0.857. The second kappa shape index (κ2) is 4.57. The van der Waals surface area contributed by atoms with Crippen LogP contribution in [0.2, 0.25) is 0 Å². The summed E-state index contributed by atoms with van der Waals surface area (Å²) in [6, 6.07) is 1.58. The first-order chi connectivity index (χ1) is 6.21. The molecule has 0 saturated carbocycles. The normalized spacial score (nSPS) is 16.4. The van der Waals surface area contributed by atoms with Crippen molar-refractivity contribution in [2.45, 2.75) is 24.8 Å². The highest BCUT2D eigenvalue weighted by Crippen LogP contribution is 2.23. The van der Waals surface area contributed by atoms with Gasteiger partial charge in [0, 0.05) is 0 Å². The second-order valence-electron chi connectivity index (χ2n) is 3.08. The summed E-state index contributed by atoms with van der Waals surface area (Å²) in [5, 5.41) is 8.34. The van der Waals surface area contributed by atoms with Crippen LogP contribution in [-0.2, 0) is 4.74 Å². The average Bonchev–Trinajstić information content (AvgIpc) is 2.03. The Bertz CT molecular complexity index is 224. The second-order valence-corrected chi connectivity index (χ2v) is 3.08. The predicted octanol–water partition coefficient (Wildman–Crippen LogP) is 1.14. The summed E-state index contributed by atoms with van der Waals surface area (Å²) in [7, 11) is 0. The van der Waals surface area contributed by atoms with Crippen LogP contribution in [0.5, 0.6) is 0 Å². The van der Waals surface area contributed by atoms with E-state index < -0.39 is 31.1 Å². The number of nitrogens with zero attached hydrogens (tertiary/aromatic N) is 1. The molecule has 0 fully saturated rings. The van der Waals surface area contributed by atoms with Crippen LogP contribution in [0.4, 0.5) is 17.6 Å². The van der Waals surface area contributed by atoms with Crippen LogP contribution in [0.1, 0.15) is 6.92 Å². The molecule has 0 aromatic heterocycles. The third kappa shape index (κ3) is 4.39. The Morgan fingerprint density at radius 3 is 2.29 bits per heavy atom. The van der Waals surface area contributed by atoms with Crippen molar-refractivity contribution in [2.24, 2.45) is 5.73 Å². The molecule has 2 N–H and O–H groups in total. The van der Waals surface area contributed by atoms with Crippen molar-refractivity contribution in [2.75, 3.05) is 13.2 Å². The van der Waals surface area contributed by atoms with E-state index in [-0.39, 0.29) is 0 Å². The van der Waals surface area contributed by atoms with Gasteiger partial charge in [-0.1, -0.05) is 0 Å². The molecule has 7 heteroatoms. The summed E-state index contributed by atoms with van der Waals surface area (Å²) in [6.07, 6.45) is -3.78. The van der Waals surface area contributed by atoms with E-state index in [0.717, 1.165) is 0 Å². The van der Waals surface area contributed by atoms with Gasteiger partial charge in [-0.15, -0.1) is 0 Å². The molecule has 0 saturated heterocycles. The average molecular weight is 214 g/mol. The minimum Gasteiger partial charge on any atom is -0.372 e. The fourth-order valence-corrected chi connectivity index (χ4v) is 0.494. The van der Waals surface area contributed by atoms with Crippen LogP contribution in [-0.4, -0.2) is 31.1 Å². The van der Waals surface area contributed by atoms with E-state index in [2.05, 4.69) is 4.74 Å². The lowest BCUT2D eigenvalue weighted by atomic mass is 10.1. The molecule has 0 aromatic carbocycles. The molecule has 0 aromatic rings. The predicted molar refractivity (Wildman–Crippen MR) is 40.0 cm³/mol. The van der Waals surface area contributed by atoms with Crippen LogP contribution < -0.4 is 5.73 Å². The van der Waals surface area contributed by atoms with Gasteiger partial charge in [0.1, 0.15) is 12.1 Å². The lowest BCUT2D eigenvalue weighted by molar-refractivity contribution is -0.167. The monoisotopic (exact) mass is 214 g/mol. The van der Waals surface area contributed by atoms with E-state index in [1.807, 2.05) is 0 Å². The first kappa shape index (κ1) is 13.1. The Kier molecular flexibility index (Phi) is 4.29. The molecule has 0 bridgehead atoms. The molecule has 0 aliphatic carbocycles. The van der Waals surface area contributed by atoms with Gasteiger partial charge in [-0.2, -0.15) is 14.0 Å². The Hall–Kier alpha value is -0.870. The van der Waals surface area contributed by atoms with Gasteiger partial charge in [0.25, 0.3) is 0 Å². The summed E-state index contributed by atoms with van der Waals surface area (Å²) in [5.41, 5.74) is 3.76. The van der Waals surface area contributed by atoms with Crippen LogP contribution in [0.3, 0.4) is 0 Å². The fourth-order valence-electron chi connectivity index (χ4n) is 0.494. The first-order valence-corrected chi connectivity index (χ1v) is 3.65. The smallest absolute Gasteiger partial charge is 0.330 e. The molecular weight excluding hydrogens is 204 g/mol. The third-order valence-electron chi connectivity index (χ3n) is 1.27. The molecule has 0 aliphatic heterocycles. The molecule has 0 amide bonds. The topological polar surface area (TPSA) is 59.0 Å². The Balaban J connectivity index is 3.93. The lowest BCUT2D eigenvalue weighted by Gasteiger charge is -2.19. The zero-order chi connectivity index (χ0) is 11.4. The van der Waals surface area contributed by atoms with Gasteiger partial charge in [-0.3, -0.25) is 0 Å². The maximum Gasteiger partial charge on any atom is 0.330 e. The van der Waals surface area contributed by atoms with Crippen LogP contribution >= 0.6 is 0 Å². The lowest BCUT2D eigenvalue weighted by Crippen LogP contribution is -2.42. The van der Waals surface area contributed by atoms with Crippen LogP contribution in [0.15, 0.2) is 0 Å². The quantitative estimate of drug-likeness (QED) is 0.698. The highest BCUT2D eigenvalue weighted by atomic mass is 19.3. The van der Waals surface area contributed by atoms with Crippen molar-refractivity contribution in [1.29, 1.82) is 5.26 Å². The zero-order valence-electron chi connectivity index (χ0n) is 7.44. The molecule has 0 heterocycles. The molecular formula is C7H10F4N2O. The standard InChI is InChI=1S/C7H10F4N2O/c1-6(13,2-12)3-14-4-7(10,11)5(8)9/h5H,3-4,13H2,1H3. The number of hydrogen-bond donors (Lipinski definition) is 1. The molecule has 14 heavy (non-hydrogen) atoms. The Labute approximate surface area is 78.4 Å². The number of halogens is 4. The van der Waals surface area contributed by atoms with Gasteiger partial charge < -0.3 is 10.5 Å². The van der Waals surface area contributed by atoms with Crippen molar-refractivity contribution < 1.29 is 22.3 Å². The van der Waals surface area contributed by atoms with E-state index in [1.165, 1.54) is 6.92 Å². The number of ether oxygens (including phenoxy) is 1. The minimum absolute atomic E-state index is 0.522. The van der Waals surface area contributed by atoms with E-state index in [0.29, 0.717) is 0 Å². The summed E-state index contributed by atoms with van der Waals surface area (Å²) >= 11 is 0. The summed E-state index contributed by atoms with van der Waals surface area (Å²) in [6.45, 7) is -0.724. The van der Waals surface area contributed by atoms with Gasteiger partial charge >= 0.3 is 12.3 Å². The molecule has 1 unspecified atom stereocenters. The first-order valence-electron chi connectivity index (χ1n) is 3.65. The zero-order valence-corrected chi connectivity index (χ0v) is 7.44. The number of nitriles is 1. The molecule has 3 nitrogen and oxygen atoms in total. The molecule has 0 radical (unpaired) electrons. The van der Waals surface area contributed by atoms with Crippen LogP contribution in [0.25, 0.3) is 0 Å². The van der Waals surface area contributed by atoms with Crippen molar-refractivity contribution in [3.8, 4) is 6.07 Å². The summed E-state index contributed by atoms with van der Waals surface area (Å²) in [5.74, 6) is -4.20. The van der Waals surface area contributed by atoms with E-state index in [1.54, 1.807) is 6.07 Å². The molecule has 1 atom stereocenters. The van der Waals surface area contributed by atoms with E-state index in [4.69, 9.17) is 11.0 Å². The van der Waals surface area contributed by atoms with Gasteiger partial charge in [0.05, 0.1) is 12.7 Å². The molecule has 82 valence electrons. The molecule has 0 rings (SSSR count). The van der Waals surface area contributed by atoms with Crippen molar-refractivity contribution in [1.82, 2.24) is 0 Å². The van der Waals surface area contributed by atoms with Crippen molar-refractivity contribution in [3.05, 3.63) is 0 Å². The number of nitrogens with two attached hydrogens (primary N) is 1. The highest BCUT2D eigenvalue weighted by molar-refractivity contribution is 5.00. The molecule has 0 spiro atoms. The van der Waals surface area contributed by atoms with Gasteiger partial charge in [0.2, 0.25) is 0 Å². The van der Waals surface area contributed by atoms with E-state index in [9.17, 15) is 17.6 Å². The number of hydrogen-bond acceptors (Lipinski definition) is 3. The minimum atomic E-state index is -4.20. The van der Waals surface area contributed by atoms with Crippen molar-refractivity contribution >= 4 is 0 Å². The van der Waals surface area contributed by atoms with Gasteiger partial charge in [-0.05, 0) is 6.92 Å². The third-order valence-corrected chi connectivity index (χ3v) is 1.27.